The maximum Gasteiger partial charge on any atom is 0.241 e. The number of thiazole rings is 1. The first kappa shape index (κ1) is 24.6. The molecule has 2 atom stereocenters. The predicted octanol–water partition coefficient (Wildman–Crippen LogP) is 5.23. The number of sulfonamides is 1. The summed E-state index contributed by atoms with van der Waals surface area (Å²) in [6.45, 7) is 7.74. The molecule has 1 aliphatic heterocycles. The lowest BCUT2D eigenvalue weighted by Gasteiger charge is -2.24. The second kappa shape index (κ2) is 10.8. The Morgan fingerprint density at radius 3 is 2.67 bits per heavy atom. The van der Waals surface area contributed by atoms with Crippen LogP contribution in [0.15, 0.2) is 23.1 Å². The normalized spacial score (nSPS) is 21.1. The Morgan fingerprint density at radius 2 is 1.94 bits per heavy atom. The summed E-state index contributed by atoms with van der Waals surface area (Å²) in [6.07, 6.45) is 9.84. The summed E-state index contributed by atoms with van der Waals surface area (Å²) >= 11 is 1.62. The molecule has 182 valence electrons. The number of piperidine rings is 1. The van der Waals surface area contributed by atoms with Gasteiger partial charge < -0.3 is 10.6 Å². The van der Waals surface area contributed by atoms with Crippen LogP contribution < -0.4 is 15.4 Å². The van der Waals surface area contributed by atoms with Gasteiger partial charge in [-0.2, -0.15) is 0 Å². The lowest BCUT2D eigenvalue weighted by Crippen LogP contribution is -2.45. The zero-order valence-corrected chi connectivity index (χ0v) is 21.7. The van der Waals surface area contributed by atoms with E-state index in [0.29, 0.717) is 17.5 Å². The molecule has 1 saturated carbocycles. The van der Waals surface area contributed by atoms with E-state index in [1.165, 1.54) is 38.5 Å². The van der Waals surface area contributed by atoms with E-state index in [2.05, 4.69) is 22.3 Å². The molecule has 2 aromatic rings. The summed E-state index contributed by atoms with van der Waals surface area (Å²) in [5.74, 6) is 0.818. The number of aryl methyl sites for hydroxylation is 2. The van der Waals surface area contributed by atoms with E-state index >= 15 is 0 Å². The molecular formula is C25H38N4O2S2. The number of rotatable bonds is 8. The molecule has 8 heteroatoms. The van der Waals surface area contributed by atoms with E-state index in [-0.39, 0.29) is 6.04 Å². The molecule has 6 nitrogen and oxygen atoms in total. The standard InChI is InChI=1S/C25H38N4O2S2/c1-17-11-12-21(15-23(17)33(30,31)29-22-10-7-13-26-16-22)24-19(3)28-25(32-24)27-18(2)14-20-8-5-4-6-9-20/h11-12,15,18,20,22,26,29H,4-10,13-14,16H2,1-3H3,(H,27,28)/t18-,22?/m1/s1. The van der Waals surface area contributed by atoms with Gasteiger partial charge in [-0.05, 0) is 69.7 Å². The summed E-state index contributed by atoms with van der Waals surface area (Å²) < 4.78 is 29.2. The Kier molecular flexibility index (Phi) is 8.10. The van der Waals surface area contributed by atoms with Crippen molar-refractivity contribution in [1.82, 2.24) is 15.0 Å². The van der Waals surface area contributed by atoms with Gasteiger partial charge >= 0.3 is 0 Å². The molecule has 1 aromatic heterocycles. The fourth-order valence-electron chi connectivity index (χ4n) is 5.18. The molecule has 2 aliphatic rings. The fraction of sp³-hybridized carbons (Fsp3) is 0.640. The van der Waals surface area contributed by atoms with Gasteiger partial charge in [0, 0.05) is 18.6 Å². The highest BCUT2D eigenvalue weighted by Gasteiger charge is 2.24. The number of hydrogen-bond donors (Lipinski definition) is 3. The number of nitrogens with zero attached hydrogens (tertiary/aromatic N) is 1. The summed E-state index contributed by atoms with van der Waals surface area (Å²) in [7, 11) is -3.58. The average molecular weight is 491 g/mol. The number of hydrogen-bond acceptors (Lipinski definition) is 6. The van der Waals surface area contributed by atoms with Gasteiger partial charge in [0.1, 0.15) is 0 Å². The third-order valence-corrected chi connectivity index (χ3v) is 9.74. The number of aromatic nitrogens is 1. The maximum absolute atomic E-state index is 13.2. The maximum atomic E-state index is 13.2. The Balaban J connectivity index is 1.49. The topological polar surface area (TPSA) is 83.1 Å². The summed E-state index contributed by atoms with van der Waals surface area (Å²) in [6, 6.07) is 6.05. The minimum absolute atomic E-state index is 0.0570. The van der Waals surface area contributed by atoms with Crippen molar-refractivity contribution in [3.8, 4) is 10.4 Å². The highest BCUT2D eigenvalue weighted by Crippen LogP contribution is 2.36. The van der Waals surface area contributed by atoms with Crippen LogP contribution >= 0.6 is 11.3 Å². The lowest BCUT2D eigenvalue weighted by atomic mass is 9.85. The van der Waals surface area contributed by atoms with Crippen molar-refractivity contribution in [3.63, 3.8) is 0 Å². The van der Waals surface area contributed by atoms with Crippen molar-refractivity contribution in [1.29, 1.82) is 0 Å². The predicted molar refractivity (Wildman–Crippen MR) is 138 cm³/mol. The molecule has 0 radical (unpaired) electrons. The van der Waals surface area contributed by atoms with Crippen LogP contribution in [-0.4, -0.2) is 38.6 Å². The van der Waals surface area contributed by atoms with Gasteiger partial charge in [-0.3, -0.25) is 0 Å². The Morgan fingerprint density at radius 1 is 1.15 bits per heavy atom. The lowest BCUT2D eigenvalue weighted by molar-refractivity contribution is 0.328. The highest BCUT2D eigenvalue weighted by molar-refractivity contribution is 7.89. The number of nitrogens with one attached hydrogen (secondary N) is 3. The van der Waals surface area contributed by atoms with Gasteiger partial charge in [0.15, 0.2) is 5.13 Å². The summed E-state index contributed by atoms with van der Waals surface area (Å²) in [4.78, 5) is 6.15. The monoisotopic (exact) mass is 490 g/mol. The van der Waals surface area contributed by atoms with Crippen LogP contribution in [-0.2, 0) is 10.0 Å². The summed E-state index contributed by atoms with van der Waals surface area (Å²) in [5.41, 5.74) is 2.60. The van der Waals surface area contributed by atoms with Crippen molar-refractivity contribution in [2.45, 2.75) is 89.1 Å². The minimum Gasteiger partial charge on any atom is -0.359 e. The molecule has 1 aliphatic carbocycles. The molecule has 1 saturated heterocycles. The third-order valence-electron chi connectivity index (χ3n) is 6.94. The van der Waals surface area contributed by atoms with Crippen LogP contribution in [0, 0.1) is 19.8 Å². The molecule has 4 rings (SSSR count). The van der Waals surface area contributed by atoms with Gasteiger partial charge in [-0.25, -0.2) is 18.1 Å². The van der Waals surface area contributed by atoms with Crippen molar-refractivity contribution < 1.29 is 8.42 Å². The van der Waals surface area contributed by atoms with E-state index in [4.69, 9.17) is 4.98 Å². The van der Waals surface area contributed by atoms with E-state index in [1.54, 1.807) is 11.3 Å². The van der Waals surface area contributed by atoms with E-state index in [1.807, 2.05) is 32.0 Å². The van der Waals surface area contributed by atoms with Gasteiger partial charge in [0.25, 0.3) is 0 Å². The second-order valence-electron chi connectivity index (χ2n) is 9.86. The van der Waals surface area contributed by atoms with Crippen LogP contribution in [0.3, 0.4) is 0 Å². The van der Waals surface area contributed by atoms with Crippen molar-refractivity contribution in [3.05, 3.63) is 29.5 Å². The van der Waals surface area contributed by atoms with Crippen LogP contribution in [0.25, 0.3) is 10.4 Å². The highest BCUT2D eigenvalue weighted by atomic mass is 32.2. The van der Waals surface area contributed by atoms with Crippen LogP contribution in [0.5, 0.6) is 0 Å². The number of anilines is 1. The van der Waals surface area contributed by atoms with Crippen molar-refractivity contribution in [2.24, 2.45) is 5.92 Å². The zero-order valence-electron chi connectivity index (χ0n) is 20.1. The molecule has 1 aromatic carbocycles. The fourth-order valence-corrected chi connectivity index (χ4v) is 7.80. The smallest absolute Gasteiger partial charge is 0.241 e. The van der Waals surface area contributed by atoms with Gasteiger partial charge in [0.05, 0.1) is 15.5 Å². The van der Waals surface area contributed by atoms with Gasteiger partial charge in [-0.15, -0.1) is 0 Å². The van der Waals surface area contributed by atoms with E-state index in [0.717, 1.165) is 52.1 Å². The summed E-state index contributed by atoms with van der Waals surface area (Å²) in [5, 5.41) is 7.79. The minimum atomic E-state index is -3.58. The first-order valence-electron chi connectivity index (χ1n) is 12.4. The first-order chi connectivity index (χ1) is 15.8. The molecule has 0 amide bonds. The average Bonchev–Trinajstić information content (AvgIpc) is 3.14. The molecule has 3 N–H and O–H groups in total. The second-order valence-corrected chi connectivity index (χ2v) is 12.5. The number of benzene rings is 1. The van der Waals surface area contributed by atoms with Gasteiger partial charge in [0.2, 0.25) is 10.0 Å². The zero-order chi connectivity index (χ0) is 23.4. The third kappa shape index (κ3) is 6.35. The molecule has 33 heavy (non-hydrogen) atoms. The molecule has 2 heterocycles. The van der Waals surface area contributed by atoms with E-state index < -0.39 is 10.0 Å². The Hall–Kier alpha value is -1.48. The largest absolute Gasteiger partial charge is 0.359 e. The Bertz CT molecular complexity index is 1040. The first-order valence-corrected chi connectivity index (χ1v) is 14.7. The molecule has 1 unspecified atom stereocenters. The van der Waals surface area contributed by atoms with Crippen molar-refractivity contribution >= 4 is 26.5 Å². The van der Waals surface area contributed by atoms with Crippen LogP contribution in [0.4, 0.5) is 5.13 Å². The van der Waals surface area contributed by atoms with Gasteiger partial charge in [-0.1, -0.05) is 55.6 Å². The molecule has 0 spiro atoms. The van der Waals surface area contributed by atoms with E-state index in [9.17, 15) is 8.42 Å². The Labute approximate surface area is 203 Å². The molecular weight excluding hydrogens is 452 g/mol. The van der Waals surface area contributed by atoms with Crippen LogP contribution in [0.1, 0.15) is 69.5 Å². The molecule has 0 bridgehead atoms. The van der Waals surface area contributed by atoms with Crippen molar-refractivity contribution in [2.75, 3.05) is 18.4 Å². The quantitative estimate of drug-likeness (QED) is 0.472. The van der Waals surface area contributed by atoms with Crippen LogP contribution in [0.2, 0.25) is 0 Å². The molecule has 2 fully saturated rings. The SMILES string of the molecule is Cc1ccc(-c2sc(N[C@H](C)CC3CCCCC3)nc2C)cc1S(=O)(=O)NC1CCCNC1.